The smallest absolute Gasteiger partial charge is 0.191 e. The highest BCUT2D eigenvalue weighted by Crippen LogP contribution is 2.26. The van der Waals surface area contributed by atoms with Crippen molar-refractivity contribution in [3.63, 3.8) is 0 Å². The van der Waals surface area contributed by atoms with E-state index in [0.717, 1.165) is 37.3 Å². The molecule has 0 aliphatic carbocycles. The van der Waals surface area contributed by atoms with Crippen molar-refractivity contribution < 1.29 is 14.6 Å². The average molecular weight is 355 g/mol. The van der Waals surface area contributed by atoms with Gasteiger partial charge in [0.25, 0.3) is 0 Å². The highest BCUT2D eigenvalue weighted by atomic mass is 16.5. The molecule has 0 atom stereocenters. The van der Waals surface area contributed by atoms with Gasteiger partial charge in [0.2, 0.25) is 0 Å². The fourth-order valence-corrected chi connectivity index (χ4v) is 2.95. The summed E-state index contributed by atoms with van der Waals surface area (Å²) in [5.41, 5.74) is 3.33. The van der Waals surface area contributed by atoms with Crippen molar-refractivity contribution in [2.75, 3.05) is 27.3 Å². The molecule has 1 aliphatic rings. The number of aromatic hydroxyl groups is 1. The van der Waals surface area contributed by atoms with E-state index < -0.39 is 0 Å². The number of nitrogens with one attached hydrogen (secondary N) is 2. The maximum absolute atomic E-state index is 9.95. The second-order valence-electron chi connectivity index (χ2n) is 6.14. The van der Waals surface area contributed by atoms with Crippen LogP contribution >= 0.6 is 0 Å². The number of guanidine groups is 1. The van der Waals surface area contributed by atoms with Gasteiger partial charge in [-0.1, -0.05) is 12.1 Å². The Labute approximate surface area is 153 Å². The van der Waals surface area contributed by atoms with Gasteiger partial charge in [-0.2, -0.15) is 0 Å². The van der Waals surface area contributed by atoms with Crippen molar-refractivity contribution in [3.8, 4) is 17.2 Å². The second-order valence-corrected chi connectivity index (χ2v) is 6.14. The fourth-order valence-electron chi connectivity index (χ4n) is 2.95. The number of rotatable bonds is 6. The van der Waals surface area contributed by atoms with Gasteiger partial charge in [-0.3, -0.25) is 4.99 Å². The molecule has 0 bridgehead atoms. The van der Waals surface area contributed by atoms with E-state index >= 15 is 0 Å². The summed E-state index contributed by atoms with van der Waals surface area (Å²) in [7, 11) is 3.34. The van der Waals surface area contributed by atoms with E-state index in [1.54, 1.807) is 26.3 Å². The number of hydrogen-bond acceptors (Lipinski definition) is 4. The topological polar surface area (TPSA) is 75.1 Å². The molecule has 0 saturated carbocycles. The summed E-state index contributed by atoms with van der Waals surface area (Å²) in [5, 5.41) is 16.5. The minimum Gasteiger partial charge on any atom is -0.508 e. The molecule has 1 heterocycles. The van der Waals surface area contributed by atoms with Gasteiger partial charge in [0.05, 0.1) is 13.7 Å². The Kier molecular flexibility index (Phi) is 5.84. The third kappa shape index (κ3) is 4.39. The van der Waals surface area contributed by atoms with Gasteiger partial charge in [-0.15, -0.1) is 0 Å². The monoisotopic (exact) mass is 355 g/mol. The van der Waals surface area contributed by atoms with Crippen LogP contribution in [0.15, 0.2) is 41.4 Å². The van der Waals surface area contributed by atoms with Crippen molar-refractivity contribution in [1.82, 2.24) is 10.6 Å². The van der Waals surface area contributed by atoms with Crippen LogP contribution in [0.2, 0.25) is 0 Å². The minimum atomic E-state index is 0.231. The first-order chi connectivity index (χ1) is 12.7. The number of phenolic OH excluding ortho intramolecular Hbond substituents is 1. The second kappa shape index (κ2) is 8.47. The molecule has 0 aromatic heterocycles. The maximum Gasteiger partial charge on any atom is 0.191 e. The van der Waals surface area contributed by atoms with Crippen LogP contribution in [0.25, 0.3) is 0 Å². The Morgan fingerprint density at radius 3 is 2.92 bits per heavy atom. The van der Waals surface area contributed by atoms with E-state index in [2.05, 4.69) is 33.8 Å². The molecule has 0 fully saturated rings. The maximum atomic E-state index is 9.95. The van der Waals surface area contributed by atoms with Crippen LogP contribution in [-0.2, 0) is 19.4 Å². The van der Waals surface area contributed by atoms with Crippen LogP contribution in [-0.4, -0.2) is 38.4 Å². The third-order valence-corrected chi connectivity index (χ3v) is 4.42. The van der Waals surface area contributed by atoms with Gasteiger partial charge in [0.15, 0.2) is 5.96 Å². The minimum absolute atomic E-state index is 0.231. The van der Waals surface area contributed by atoms with Crippen LogP contribution in [0.4, 0.5) is 0 Å². The van der Waals surface area contributed by atoms with Gasteiger partial charge in [-0.05, 0) is 41.8 Å². The molecule has 3 rings (SSSR count). The van der Waals surface area contributed by atoms with Gasteiger partial charge in [0, 0.05) is 32.1 Å². The quantitative estimate of drug-likeness (QED) is 0.547. The van der Waals surface area contributed by atoms with E-state index in [1.807, 2.05) is 6.07 Å². The molecule has 0 saturated heterocycles. The molecule has 0 unspecified atom stereocenters. The molecule has 0 radical (unpaired) electrons. The number of phenols is 1. The summed E-state index contributed by atoms with van der Waals surface area (Å²) < 4.78 is 10.7. The van der Waals surface area contributed by atoms with E-state index in [1.165, 1.54) is 11.1 Å². The number of aliphatic imine (C=N–C) groups is 1. The van der Waals surface area contributed by atoms with Crippen molar-refractivity contribution in [2.24, 2.45) is 4.99 Å². The largest absolute Gasteiger partial charge is 0.508 e. The number of nitrogens with zero attached hydrogens (tertiary/aromatic N) is 1. The molecule has 26 heavy (non-hydrogen) atoms. The predicted molar refractivity (Wildman–Crippen MR) is 102 cm³/mol. The Balaban J connectivity index is 1.49. The summed E-state index contributed by atoms with van der Waals surface area (Å²) in [6.45, 7) is 2.01. The summed E-state index contributed by atoms with van der Waals surface area (Å²) in [6.07, 6.45) is 1.89. The zero-order valence-corrected chi connectivity index (χ0v) is 15.2. The first-order valence-electron chi connectivity index (χ1n) is 8.74. The van der Waals surface area contributed by atoms with Crippen LogP contribution in [0.3, 0.4) is 0 Å². The fraction of sp³-hybridized carbons (Fsp3) is 0.350. The molecule has 1 aliphatic heterocycles. The lowest BCUT2D eigenvalue weighted by atomic mass is 10.1. The van der Waals surface area contributed by atoms with Crippen molar-refractivity contribution >= 4 is 5.96 Å². The summed E-state index contributed by atoms with van der Waals surface area (Å²) in [4.78, 5) is 4.23. The standard InChI is InChI=1S/C20H25N3O3/c1-21-20(23-13-16-12-17(25-2)4-5-18(16)24)22-9-7-14-3-6-19-15(11-14)8-10-26-19/h3-6,11-12,24H,7-10,13H2,1-2H3,(H2,21,22,23). The van der Waals surface area contributed by atoms with Gasteiger partial charge in [-0.25, -0.2) is 0 Å². The Morgan fingerprint density at radius 2 is 2.12 bits per heavy atom. The van der Waals surface area contributed by atoms with E-state index in [4.69, 9.17) is 9.47 Å². The van der Waals surface area contributed by atoms with Crippen LogP contribution in [0, 0.1) is 0 Å². The Hall–Kier alpha value is -2.89. The van der Waals surface area contributed by atoms with Crippen LogP contribution < -0.4 is 20.1 Å². The highest BCUT2D eigenvalue weighted by Gasteiger charge is 2.12. The number of benzene rings is 2. The zero-order valence-electron chi connectivity index (χ0n) is 15.2. The lowest BCUT2D eigenvalue weighted by molar-refractivity contribution is 0.357. The Morgan fingerprint density at radius 1 is 1.23 bits per heavy atom. The number of methoxy groups -OCH3 is 1. The van der Waals surface area contributed by atoms with Crippen LogP contribution in [0.1, 0.15) is 16.7 Å². The van der Waals surface area contributed by atoms with Gasteiger partial charge in [0.1, 0.15) is 17.2 Å². The molecule has 2 aromatic rings. The van der Waals surface area contributed by atoms with E-state index in [0.29, 0.717) is 18.3 Å². The number of hydrogen-bond donors (Lipinski definition) is 3. The number of ether oxygens (including phenoxy) is 2. The zero-order chi connectivity index (χ0) is 18.4. The molecular weight excluding hydrogens is 330 g/mol. The third-order valence-electron chi connectivity index (χ3n) is 4.42. The molecule has 138 valence electrons. The molecule has 2 aromatic carbocycles. The normalized spacial score (nSPS) is 13.1. The molecule has 0 spiro atoms. The van der Waals surface area contributed by atoms with Crippen molar-refractivity contribution in [3.05, 3.63) is 53.1 Å². The Bertz CT molecular complexity index is 790. The van der Waals surface area contributed by atoms with E-state index in [-0.39, 0.29) is 5.75 Å². The first kappa shape index (κ1) is 17.9. The molecule has 3 N–H and O–H groups in total. The summed E-state index contributed by atoms with van der Waals surface area (Å²) in [6, 6.07) is 11.5. The van der Waals surface area contributed by atoms with E-state index in [9.17, 15) is 5.11 Å². The van der Waals surface area contributed by atoms with Crippen LogP contribution in [0.5, 0.6) is 17.2 Å². The molecular formula is C20H25N3O3. The van der Waals surface area contributed by atoms with Gasteiger partial charge >= 0.3 is 0 Å². The SMILES string of the molecule is CN=C(NCCc1ccc2c(c1)CCO2)NCc1cc(OC)ccc1O. The molecule has 6 nitrogen and oxygen atoms in total. The highest BCUT2D eigenvalue weighted by molar-refractivity contribution is 5.79. The lowest BCUT2D eigenvalue weighted by Crippen LogP contribution is -2.37. The lowest BCUT2D eigenvalue weighted by Gasteiger charge is -2.13. The average Bonchev–Trinajstić information content (AvgIpc) is 3.13. The van der Waals surface area contributed by atoms with Crippen molar-refractivity contribution in [1.29, 1.82) is 0 Å². The first-order valence-corrected chi connectivity index (χ1v) is 8.74. The molecule has 6 heteroatoms. The summed E-state index contributed by atoms with van der Waals surface area (Å²) in [5.74, 6) is 2.64. The molecule has 0 amide bonds. The van der Waals surface area contributed by atoms with Crippen molar-refractivity contribution in [2.45, 2.75) is 19.4 Å². The number of fused-ring (bicyclic) bond motifs is 1. The summed E-state index contributed by atoms with van der Waals surface area (Å²) >= 11 is 0. The van der Waals surface area contributed by atoms with Gasteiger partial charge < -0.3 is 25.2 Å². The predicted octanol–water partition coefficient (Wildman–Crippen LogP) is 2.24.